The van der Waals surface area contributed by atoms with Crippen molar-refractivity contribution < 1.29 is 13.2 Å². The summed E-state index contributed by atoms with van der Waals surface area (Å²) in [7, 11) is -3.73. The number of hydrogen-bond acceptors (Lipinski definition) is 6. The Morgan fingerprint density at radius 3 is 2.52 bits per heavy atom. The first kappa shape index (κ1) is 19.2. The lowest BCUT2D eigenvalue weighted by Gasteiger charge is -2.26. The molecule has 0 spiro atoms. The van der Waals surface area contributed by atoms with Gasteiger partial charge in [0.25, 0.3) is 5.91 Å². The predicted octanol–water partition coefficient (Wildman–Crippen LogP) is 2.09. The van der Waals surface area contributed by atoms with Crippen LogP contribution in [0.1, 0.15) is 29.6 Å². The lowest BCUT2D eigenvalue weighted by atomic mass is 10.2. The summed E-state index contributed by atoms with van der Waals surface area (Å²) in [5.74, 6) is 0.0464. The van der Waals surface area contributed by atoms with Gasteiger partial charge in [0.15, 0.2) is 5.82 Å². The van der Waals surface area contributed by atoms with Gasteiger partial charge in [0.05, 0.1) is 22.3 Å². The highest BCUT2D eigenvalue weighted by Gasteiger charge is 2.29. The zero-order chi connectivity index (χ0) is 20.3. The van der Waals surface area contributed by atoms with Crippen LogP contribution in [-0.4, -0.2) is 51.5 Å². The van der Waals surface area contributed by atoms with Crippen LogP contribution in [0, 0.1) is 0 Å². The summed E-state index contributed by atoms with van der Waals surface area (Å²) >= 11 is 0. The molecular weight excluding hydrogens is 392 g/mol. The highest BCUT2D eigenvalue weighted by molar-refractivity contribution is 7.89. The van der Waals surface area contributed by atoms with Crippen molar-refractivity contribution in [1.29, 1.82) is 0 Å². The van der Waals surface area contributed by atoms with Crippen molar-refractivity contribution in [3.63, 3.8) is 0 Å². The van der Waals surface area contributed by atoms with Gasteiger partial charge in [-0.05, 0) is 37.1 Å². The summed E-state index contributed by atoms with van der Waals surface area (Å²) in [4.78, 5) is 20.9. The molecule has 29 heavy (non-hydrogen) atoms. The number of sulfonamides is 1. The molecule has 4 rings (SSSR count). The molecule has 0 radical (unpaired) electrons. The van der Waals surface area contributed by atoms with Crippen molar-refractivity contribution in [2.24, 2.45) is 0 Å². The standard InChI is InChI=1S/C19H20N6O3S/c26-19(23-15-8-9-18(21-12-15)25-14-20-13-22-25)16-6-2-3-7-17(16)29(27,28)24-10-4-1-5-11-24/h2-3,6-9,12-14H,1,4-5,10-11H2,(H,23,26). The van der Waals surface area contributed by atoms with Crippen LogP contribution in [0.5, 0.6) is 0 Å². The average Bonchev–Trinajstić information content (AvgIpc) is 3.30. The third kappa shape index (κ3) is 4.03. The SMILES string of the molecule is O=C(Nc1ccc(-n2cncn2)nc1)c1ccccc1S(=O)(=O)N1CCCCC1. The van der Waals surface area contributed by atoms with Gasteiger partial charge < -0.3 is 5.32 Å². The van der Waals surface area contributed by atoms with Crippen LogP contribution in [0.25, 0.3) is 5.82 Å². The minimum atomic E-state index is -3.73. The monoisotopic (exact) mass is 412 g/mol. The quantitative estimate of drug-likeness (QED) is 0.687. The summed E-state index contributed by atoms with van der Waals surface area (Å²) in [6, 6.07) is 9.62. The molecule has 150 valence electrons. The van der Waals surface area contributed by atoms with Crippen LogP contribution in [-0.2, 0) is 10.0 Å². The number of carbonyl (C=O) groups is 1. The first-order valence-electron chi connectivity index (χ1n) is 9.27. The third-order valence-electron chi connectivity index (χ3n) is 4.72. The van der Waals surface area contributed by atoms with Gasteiger partial charge in [-0.25, -0.2) is 23.1 Å². The fourth-order valence-electron chi connectivity index (χ4n) is 3.24. The smallest absolute Gasteiger partial charge is 0.257 e. The van der Waals surface area contributed by atoms with E-state index in [0.717, 1.165) is 19.3 Å². The molecular formula is C19H20N6O3S. The van der Waals surface area contributed by atoms with Crippen LogP contribution in [0.2, 0.25) is 0 Å². The molecule has 1 aliphatic heterocycles. The molecule has 3 aromatic rings. The van der Waals surface area contributed by atoms with Crippen LogP contribution in [0.15, 0.2) is 60.1 Å². The summed E-state index contributed by atoms with van der Waals surface area (Å²) in [6.07, 6.45) is 7.08. The summed E-state index contributed by atoms with van der Waals surface area (Å²) < 4.78 is 29.1. The Morgan fingerprint density at radius 2 is 1.83 bits per heavy atom. The molecule has 3 heterocycles. The summed E-state index contributed by atoms with van der Waals surface area (Å²) in [5.41, 5.74) is 0.558. The number of nitrogens with zero attached hydrogens (tertiary/aromatic N) is 5. The predicted molar refractivity (Wildman–Crippen MR) is 106 cm³/mol. The van der Waals surface area contributed by atoms with Gasteiger partial charge >= 0.3 is 0 Å². The molecule has 9 nitrogen and oxygen atoms in total. The van der Waals surface area contributed by atoms with Crippen molar-refractivity contribution in [2.75, 3.05) is 18.4 Å². The van der Waals surface area contributed by atoms with Crippen molar-refractivity contribution >= 4 is 21.6 Å². The van der Waals surface area contributed by atoms with Gasteiger partial charge in [-0.15, -0.1) is 0 Å². The van der Waals surface area contributed by atoms with E-state index in [1.807, 2.05) is 0 Å². The minimum Gasteiger partial charge on any atom is -0.321 e. The Kier molecular flexibility index (Phi) is 5.36. The first-order chi connectivity index (χ1) is 14.1. The van der Waals surface area contributed by atoms with Gasteiger partial charge in [-0.1, -0.05) is 18.6 Å². The molecule has 0 atom stereocenters. The molecule has 1 fully saturated rings. The Bertz CT molecular complexity index is 1090. The second-order valence-electron chi connectivity index (χ2n) is 6.66. The Morgan fingerprint density at radius 1 is 1.03 bits per heavy atom. The fourth-order valence-corrected chi connectivity index (χ4v) is 4.95. The molecule has 0 bridgehead atoms. The van der Waals surface area contributed by atoms with E-state index in [4.69, 9.17) is 0 Å². The Labute approximate surface area is 168 Å². The summed E-state index contributed by atoms with van der Waals surface area (Å²) in [5, 5.41) is 6.71. The van der Waals surface area contributed by atoms with Crippen LogP contribution in [0.3, 0.4) is 0 Å². The second-order valence-corrected chi connectivity index (χ2v) is 8.57. The lowest BCUT2D eigenvalue weighted by molar-refractivity contribution is 0.102. The molecule has 0 saturated carbocycles. The number of hydrogen-bond donors (Lipinski definition) is 1. The van der Waals surface area contributed by atoms with Crippen LogP contribution < -0.4 is 5.32 Å². The minimum absolute atomic E-state index is 0.0200. The van der Waals surface area contributed by atoms with E-state index in [-0.39, 0.29) is 10.5 Å². The molecule has 1 aromatic carbocycles. The number of anilines is 1. The maximum atomic E-state index is 13.1. The van der Waals surface area contributed by atoms with Crippen molar-refractivity contribution in [1.82, 2.24) is 24.1 Å². The van der Waals surface area contributed by atoms with Gasteiger partial charge in [0.2, 0.25) is 10.0 Å². The topological polar surface area (TPSA) is 110 Å². The molecule has 1 saturated heterocycles. The average molecular weight is 412 g/mol. The number of nitrogens with one attached hydrogen (secondary N) is 1. The molecule has 1 amide bonds. The normalized spacial score (nSPS) is 15.2. The fraction of sp³-hybridized carbons (Fsp3) is 0.263. The number of pyridine rings is 1. The third-order valence-corrected chi connectivity index (χ3v) is 6.68. The van der Waals surface area contributed by atoms with Crippen molar-refractivity contribution in [3.8, 4) is 5.82 Å². The van der Waals surface area contributed by atoms with E-state index in [0.29, 0.717) is 24.6 Å². The van der Waals surface area contributed by atoms with E-state index in [1.54, 1.807) is 24.3 Å². The van der Waals surface area contributed by atoms with E-state index in [2.05, 4.69) is 20.4 Å². The number of carbonyl (C=O) groups excluding carboxylic acids is 1. The zero-order valence-corrected chi connectivity index (χ0v) is 16.4. The van der Waals surface area contributed by atoms with Crippen molar-refractivity contribution in [2.45, 2.75) is 24.2 Å². The van der Waals surface area contributed by atoms with Crippen LogP contribution >= 0.6 is 0 Å². The number of benzene rings is 1. The van der Waals surface area contributed by atoms with Gasteiger partial charge in [-0.3, -0.25) is 4.79 Å². The number of piperidine rings is 1. The Hall–Kier alpha value is -3.11. The van der Waals surface area contributed by atoms with E-state index < -0.39 is 15.9 Å². The highest BCUT2D eigenvalue weighted by atomic mass is 32.2. The molecule has 10 heteroatoms. The van der Waals surface area contributed by atoms with Crippen molar-refractivity contribution in [3.05, 3.63) is 60.8 Å². The Balaban J connectivity index is 1.56. The summed E-state index contributed by atoms with van der Waals surface area (Å²) in [6.45, 7) is 0.956. The molecule has 0 unspecified atom stereocenters. The van der Waals surface area contributed by atoms with E-state index in [1.165, 1.54) is 40.0 Å². The van der Waals surface area contributed by atoms with E-state index >= 15 is 0 Å². The number of amides is 1. The molecule has 1 aliphatic rings. The second kappa shape index (κ2) is 8.10. The van der Waals surface area contributed by atoms with Gasteiger partial charge in [-0.2, -0.15) is 9.40 Å². The molecule has 0 aliphatic carbocycles. The largest absolute Gasteiger partial charge is 0.321 e. The lowest BCUT2D eigenvalue weighted by Crippen LogP contribution is -2.36. The van der Waals surface area contributed by atoms with Crippen LogP contribution in [0.4, 0.5) is 5.69 Å². The van der Waals surface area contributed by atoms with Gasteiger partial charge in [0, 0.05) is 13.1 Å². The zero-order valence-electron chi connectivity index (χ0n) is 15.6. The highest BCUT2D eigenvalue weighted by Crippen LogP contribution is 2.24. The van der Waals surface area contributed by atoms with E-state index in [9.17, 15) is 13.2 Å². The number of aromatic nitrogens is 4. The number of rotatable bonds is 5. The molecule has 2 aromatic heterocycles. The maximum absolute atomic E-state index is 13.1. The molecule has 1 N–H and O–H groups in total. The first-order valence-corrected chi connectivity index (χ1v) is 10.7. The van der Waals surface area contributed by atoms with Gasteiger partial charge in [0.1, 0.15) is 12.7 Å². The maximum Gasteiger partial charge on any atom is 0.257 e.